The highest BCUT2D eigenvalue weighted by molar-refractivity contribution is 5.92. The lowest BCUT2D eigenvalue weighted by atomic mass is 10.3. The third-order valence-corrected chi connectivity index (χ3v) is 3.42. The van der Waals surface area contributed by atoms with Gasteiger partial charge in [-0.15, -0.1) is 0 Å². The van der Waals surface area contributed by atoms with Gasteiger partial charge in [0.25, 0.3) is 5.65 Å². The number of ether oxygens (including phenoxy) is 1. The van der Waals surface area contributed by atoms with Gasteiger partial charge in [-0.25, -0.2) is 4.79 Å². The number of esters is 1. The largest absolute Gasteiger partial charge is 0.474 e. The van der Waals surface area contributed by atoms with Gasteiger partial charge in [0.15, 0.2) is 0 Å². The molecule has 0 aliphatic carbocycles. The molecule has 3 aromatic rings. The van der Waals surface area contributed by atoms with Gasteiger partial charge in [-0.2, -0.15) is 14.2 Å². The van der Waals surface area contributed by atoms with E-state index in [1.54, 1.807) is 53.1 Å². The molecular weight excluding hydrogens is 294 g/mol. The summed E-state index contributed by atoms with van der Waals surface area (Å²) in [5.74, 6) is -0.482. The molecule has 0 aliphatic heterocycles. The van der Waals surface area contributed by atoms with Gasteiger partial charge in [0, 0.05) is 6.07 Å². The molecule has 6 heteroatoms. The van der Waals surface area contributed by atoms with E-state index in [4.69, 9.17) is 10.00 Å². The molecular formula is C17H14N3O3+. The van der Waals surface area contributed by atoms with Crippen molar-refractivity contribution in [2.24, 2.45) is 0 Å². The minimum atomic E-state index is -0.661. The summed E-state index contributed by atoms with van der Waals surface area (Å²) in [6.45, 7) is 0.286. The van der Waals surface area contributed by atoms with Gasteiger partial charge in [0.2, 0.25) is 0 Å². The van der Waals surface area contributed by atoms with Crippen molar-refractivity contribution < 1.29 is 19.2 Å². The predicted octanol–water partition coefficient (Wildman–Crippen LogP) is 2.07. The summed E-state index contributed by atoms with van der Waals surface area (Å²) in [6.07, 6.45) is 1.89. The van der Waals surface area contributed by atoms with Crippen molar-refractivity contribution in [1.29, 1.82) is 5.26 Å². The van der Waals surface area contributed by atoms with E-state index in [0.29, 0.717) is 11.4 Å². The van der Waals surface area contributed by atoms with Gasteiger partial charge in [0.05, 0.1) is 18.7 Å². The minimum absolute atomic E-state index is 0.0300. The number of hydrogen-bond acceptors (Lipinski definition) is 4. The van der Waals surface area contributed by atoms with Crippen molar-refractivity contribution in [1.82, 2.24) is 4.40 Å². The Balaban J connectivity index is 2.05. The Hall–Kier alpha value is -3.33. The number of rotatable bonds is 4. The Morgan fingerprint density at radius 2 is 1.96 bits per heavy atom. The van der Waals surface area contributed by atoms with Crippen LogP contribution in [0.2, 0.25) is 0 Å². The number of nitriles is 1. The number of benzene rings is 1. The van der Waals surface area contributed by atoms with Crippen LogP contribution in [0, 0.1) is 11.3 Å². The molecule has 0 unspecified atom stereocenters. The predicted molar refractivity (Wildman–Crippen MR) is 80.9 cm³/mol. The molecule has 0 saturated carbocycles. The number of carbonyl (C=O) groups excluding carboxylic acids is 1. The standard InChI is InChI=1S/C17H13N3O3/c18-10-6-12-20-14-9-4-5-11-19(14)15(16(20)21)17(22)23-13-7-2-1-3-8-13/h1-5,7-9,11H,6,12H2/p+1. The first-order valence-electron chi connectivity index (χ1n) is 7.08. The van der Waals surface area contributed by atoms with Crippen LogP contribution in [0.25, 0.3) is 5.65 Å². The summed E-state index contributed by atoms with van der Waals surface area (Å²) in [4.78, 5) is 12.5. The zero-order valence-corrected chi connectivity index (χ0v) is 12.2. The maximum atomic E-state index is 12.5. The lowest BCUT2D eigenvalue weighted by Gasteiger charge is -2.00. The number of hydrogen-bond donors (Lipinski definition) is 1. The van der Waals surface area contributed by atoms with Crippen LogP contribution in [0.3, 0.4) is 0 Å². The fourth-order valence-corrected chi connectivity index (χ4v) is 2.40. The van der Waals surface area contributed by atoms with E-state index in [1.807, 2.05) is 12.1 Å². The molecule has 0 bridgehead atoms. The second kappa shape index (κ2) is 6.20. The van der Waals surface area contributed by atoms with E-state index in [0.717, 1.165) is 0 Å². The van der Waals surface area contributed by atoms with Crippen LogP contribution in [0.15, 0.2) is 54.7 Å². The highest BCUT2D eigenvalue weighted by Gasteiger charge is 2.31. The van der Waals surface area contributed by atoms with Crippen molar-refractivity contribution in [3.63, 3.8) is 0 Å². The Bertz CT molecular complexity index is 895. The molecule has 2 aromatic heterocycles. The summed E-state index contributed by atoms with van der Waals surface area (Å²) in [6, 6.07) is 16.0. The molecule has 0 amide bonds. The topological polar surface area (TPSA) is 78.6 Å². The van der Waals surface area contributed by atoms with E-state index in [9.17, 15) is 9.90 Å². The summed E-state index contributed by atoms with van der Waals surface area (Å²) >= 11 is 0. The van der Waals surface area contributed by atoms with E-state index < -0.39 is 5.97 Å². The molecule has 1 aromatic carbocycles. The van der Waals surface area contributed by atoms with Crippen molar-refractivity contribution in [3.05, 3.63) is 60.4 Å². The van der Waals surface area contributed by atoms with Gasteiger partial charge in [0.1, 0.15) is 12.3 Å². The number of imidazole rings is 1. The van der Waals surface area contributed by atoms with Gasteiger partial charge < -0.3 is 9.84 Å². The van der Waals surface area contributed by atoms with Crippen LogP contribution in [0.5, 0.6) is 11.6 Å². The Morgan fingerprint density at radius 1 is 1.22 bits per heavy atom. The Kier molecular flexibility index (Phi) is 3.93. The Morgan fingerprint density at radius 3 is 2.70 bits per heavy atom. The average Bonchev–Trinajstić information content (AvgIpc) is 2.85. The van der Waals surface area contributed by atoms with Crippen LogP contribution in [0.1, 0.15) is 16.9 Å². The van der Waals surface area contributed by atoms with Crippen LogP contribution in [-0.2, 0) is 6.54 Å². The fourth-order valence-electron chi connectivity index (χ4n) is 2.40. The average molecular weight is 308 g/mol. The molecule has 23 heavy (non-hydrogen) atoms. The second-order valence-corrected chi connectivity index (χ2v) is 4.86. The number of nitrogens with zero attached hydrogens (tertiary/aromatic N) is 3. The van der Waals surface area contributed by atoms with Crippen LogP contribution in [-0.4, -0.2) is 15.5 Å². The molecule has 0 saturated heterocycles. The second-order valence-electron chi connectivity index (χ2n) is 4.86. The molecule has 114 valence electrons. The molecule has 2 heterocycles. The van der Waals surface area contributed by atoms with E-state index in [1.165, 1.54) is 4.57 Å². The highest BCUT2D eigenvalue weighted by Crippen LogP contribution is 2.20. The van der Waals surface area contributed by atoms with E-state index in [-0.39, 0.29) is 24.5 Å². The molecule has 0 atom stereocenters. The molecule has 6 nitrogen and oxygen atoms in total. The van der Waals surface area contributed by atoms with Crippen molar-refractivity contribution >= 4 is 11.6 Å². The van der Waals surface area contributed by atoms with Gasteiger partial charge in [-0.1, -0.05) is 24.3 Å². The van der Waals surface area contributed by atoms with Crippen molar-refractivity contribution in [2.75, 3.05) is 0 Å². The highest BCUT2D eigenvalue weighted by atomic mass is 16.5. The van der Waals surface area contributed by atoms with Crippen LogP contribution >= 0.6 is 0 Å². The van der Waals surface area contributed by atoms with Gasteiger partial charge in [-0.3, -0.25) is 0 Å². The minimum Gasteiger partial charge on any atom is -0.474 e. The van der Waals surface area contributed by atoms with Gasteiger partial charge >= 0.3 is 17.5 Å². The van der Waals surface area contributed by atoms with Gasteiger partial charge in [-0.05, 0) is 18.2 Å². The molecule has 3 rings (SSSR count). The first-order chi connectivity index (χ1) is 11.2. The SMILES string of the molecule is N#CCC[n+]1c(O)c(C(=O)Oc2ccccc2)n2ccccc21. The molecule has 0 fully saturated rings. The van der Waals surface area contributed by atoms with Crippen molar-refractivity contribution in [2.45, 2.75) is 13.0 Å². The smallest absolute Gasteiger partial charge is 0.392 e. The first kappa shape index (κ1) is 14.6. The fraction of sp³-hybridized carbons (Fsp3) is 0.118. The lowest BCUT2D eigenvalue weighted by molar-refractivity contribution is -0.675. The molecule has 0 aliphatic rings. The van der Waals surface area contributed by atoms with Crippen LogP contribution in [0.4, 0.5) is 0 Å². The van der Waals surface area contributed by atoms with E-state index >= 15 is 0 Å². The zero-order chi connectivity index (χ0) is 16.2. The zero-order valence-electron chi connectivity index (χ0n) is 12.2. The monoisotopic (exact) mass is 308 g/mol. The molecule has 0 radical (unpaired) electrons. The van der Waals surface area contributed by atoms with E-state index in [2.05, 4.69) is 0 Å². The number of carbonyl (C=O) groups is 1. The summed E-state index contributed by atoms with van der Waals surface area (Å²) < 4.78 is 8.38. The third kappa shape index (κ3) is 2.72. The maximum Gasteiger partial charge on any atom is 0.392 e. The number of para-hydroxylation sites is 1. The number of aromatic hydroxyl groups is 1. The quantitative estimate of drug-likeness (QED) is 0.454. The number of aromatic nitrogens is 2. The number of aryl methyl sites for hydroxylation is 1. The normalized spacial score (nSPS) is 10.4. The Labute approximate surface area is 132 Å². The molecule has 1 N–H and O–H groups in total. The third-order valence-electron chi connectivity index (χ3n) is 3.42. The number of fused-ring (bicyclic) bond motifs is 1. The lowest BCUT2D eigenvalue weighted by Crippen LogP contribution is -2.32. The number of pyridine rings is 1. The van der Waals surface area contributed by atoms with Crippen LogP contribution < -0.4 is 9.30 Å². The first-order valence-corrected chi connectivity index (χ1v) is 7.08. The summed E-state index contributed by atoms with van der Waals surface area (Å²) in [5.41, 5.74) is 0.641. The maximum absolute atomic E-state index is 12.5. The summed E-state index contributed by atoms with van der Waals surface area (Å²) in [7, 11) is 0. The van der Waals surface area contributed by atoms with Crippen molar-refractivity contribution in [3.8, 4) is 17.7 Å². The molecule has 0 spiro atoms. The summed E-state index contributed by atoms with van der Waals surface area (Å²) in [5, 5.41) is 19.2.